The van der Waals surface area contributed by atoms with Crippen LogP contribution in [0.2, 0.25) is 5.02 Å². The molecular formula is C14H13ClN2O2. The smallest absolute Gasteiger partial charge is 0.271 e. The van der Waals surface area contributed by atoms with Gasteiger partial charge in [-0.3, -0.25) is 10.1 Å². The number of rotatable bonds is 4. The van der Waals surface area contributed by atoms with Gasteiger partial charge in [-0.15, -0.1) is 0 Å². The number of anilines is 2. The zero-order valence-electron chi connectivity index (χ0n) is 10.4. The molecule has 0 aliphatic rings. The van der Waals surface area contributed by atoms with Crippen molar-refractivity contribution in [2.75, 3.05) is 5.32 Å². The second-order valence-corrected chi connectivity index (χ2v) is 4.51. The van der Waals surface area contributed by atoms with Crippen LogP contribution in [0.25, 0.3) is 0 Å². The fourth-order valence-corrected chi connectivity index (χ4v) is 1.97. The highest BCUT2D eigenvalue weighted by molar-refractivity contribution is 6.33. The minimum atomic E-state index is -0.465. The van der Waals surface area contributed by atoms with Crippen LogP contribution in [-0.2, 0) is 6.42 Å². The number of nitrogens with one attached hydrogen (secondary N) is 1. The van der Waals surface area contributed by atoms with Crippen LogP contribution >= 0.6 is 11.6 Å². The maximum absolute atomic E-state index is 10.6. The van der Waals surface area contributed by atoms with Gasteiger partial charge in [-0.05, 0) is 30.2 Å². The van der Waals surface area contributed by atoms with Crippen molar-refractivity contribution in [3.63, 3.8) is 0 Å². The maximum atomic E-state index is 10.6. The van der Waals surface area contributed by atoms with E-state index in [0.717, 1.165) is 12.1 Å². The van der Waals surface area contributed by atoms with E-state index < -0.39 is 4.92 Å². The van der Waals surface area contributed by atoms with E-state index in [1.807, 2.05) is 24.3 Å². The molecule has 0 aliphatic carbocycles. The van der Waals surface area contributed by atoms with Crippen molar-refractivity contribution in [2.24, 2.45) is 0 Å². The summed E-state index contributed by atoms with van der Waals surface area (Å²) < 4.78 is 0. The van der Waals surface area contributed by atoms with Gasteiger partial charge in [0.25, 0.3) is 5.69 Å². The second kappa shape index (κ2) is 5.71. The topological polar surface area (TPSA) is 55.2 Å². The van der Waals surface area contributed by atoms with Gasteiger partial charge < -0.3 is 5.32 Å². The monoisotopic (exact) mass is 276 g/mol. The molecule has 0 atom stereocenters. The Hall–Kier alpha value is -2.07. The predicted molar refractivity (Wildman–Crippen MR) is 77.2 cm³/mol. The van der Waals surface area contributed by atoms with Gasteiger partial charge in [0, 0.05) is 17.8 Å². The van der Waals surface area contributed by atoms with Crippen LogP contribution in [-0.4, -0.2) is 4.92 Å². The fraction of sp³-hybridized carbons (Fsp3) is 0.143. The van der Waals surface area contributed by atoms with Crippen LogP contribution in [0, 0.1) is 10.1 Å². The Morgan fingerprint density at radius 2 is 2.05 bits per heavy atom. The number of hydrogen-bond acceptors (Lipinski definition) is 3. The number of aryl methyl sites for hydroxylation is 1. The van der Waals surface area contributed by atoms with Crippen molar-refractivity contribution in [1.82, 2.24) is 0 Å². The molecule has 0 fully saturated rings. The highest BCUT2D eigenvalue weighted by Gasteiger charge is 2.09. The van der Waals surface area contributed by atoms with E-state index in [-0.39, 0.29) is 5.69 Å². The first-order chi connectivity index (χ1) is 9.10. The summed E-state index contributed by atoms with van der Waals surface area (Å²) >= 11 is 6.03. The van der Waals surface area contributed by atoms with E-state index in [4.69, 9.17) is 11.6 Å². The lowest BCUT2D eigenvalue weighted by atomic mass is 10.1. The quantitative estimate of drug-likeness (QED) is 0.658. The Kier molecular flexibility index (Phi) is 4.02. The van der Waals surface area contributed by atoms with Gasteiger partial charge in [-0.25, -0.2) is 0 Å². The number of nitro benzene ring substituents is 1. The van der Waals surface area contributed by atoms with Gasteiger partial charge in [0.2, 0.25) is 0 Å². The second-order valence-electron chi connectivity index (χ2n) is 4.10. The molecule has 0 aromatic heterocycles. The zero-order chi connectivity index (χ0) is 13.8. The van der Waals surface area contributed by atoms with Crippen molar-refractivity contribution in [3.8, 4) is 0 Å². The molecule has 0 bridgehead atoms. The van der Waals surface area contributed by atoms with Crippen LogP contribution < -0.4 is 5.32 Å². The number of hydrogen-bond donors (Lipinski definition) is 1. The highest BCUT2D eigenvalue weighted by atomic mass is 35.5. The Balaban J connectivity index is 2.25. The molecule has 0 amide bonds. The van der Waals surface area contributed by atoms with Crippen LogP contribution in [0.3, 0.4) is 0 Å². The summed E-state index contributed by atoms with van der Waals surface area (Å²) in [5, 5.41) is 14.1. The summed E-state index contributed by atoms with van der Waals surface area (Å²) in [5.74, 6) is 0. The summed E-state index contributed by atoms with van der Waals surface area (Å²) in [7, 11) is 0. The van der Waals surface area contributed by atoms with Gasteiger partial charge in [0.15, 0.2) is 0 Å². The molecule has 0 spiro atoms. The third kappa shape index (κ3) is 3.23. The highest BCUT2D eigenvalue weighted by Crippen LogP contribution is 2.29. The average Bonchev–Trinajstić information content (AvgIpc) is 2.41. The molecular weight excluding hydrogens is 264 g/mol. The minimum Gasteiger partial charge on any atom is -0.354 e. The van der Waals surface area contributed by atoms with E-state index in [2.05, 4.69) is 12.2 Å². The SMILES string of the molecule is CCc1cccc(Nc2ccc([N+](=O)[O-])cc2Cl)c1. The number of halogens is 1. The van der Waals surface area contributed by atoms with Crippen molar-refractivity contribution in [1.29, 1.82) is 0 Å². The predicted octanol–water partition coefficient (Wildman–Crippen LogP) is 4.55. The van der Waals surface area contributed by atoms with Crippen molar-refractivity contribution >= 4 is 28.7 Å². The van der Waals surface area contributed by atoms with Crippen LogP contribution in [0.1, 0.15) is 12.5 Å². The van der Waals surface area contributed by atoms with Gasteiger partial charge >= 0.3 is 0 Å². The largest absolute Gasteiger partial charge is 0.354 e. The Morgan fingerprint density at radius 3 is 2.68 bits per heavy atom. The fourth-order valence-electron chi connectivity index (χ4n) is 1.74. The lowest BCUT2D eigenvalue weighted by molar-refractivity contribution is -0.384. The minimum absolute atomic E-state index is 0.0159. The van der Waals surface area contributed by atoms with Gasteiger partial charge in [-0.2, -0.15) is 0 Å². The molecule has 5 heteroatoms. The number of nitro groups is 1. The molecule has 1 N–H and O–H groups in total. The van der Waals surface area contributed by atoms with Crippen LogP contribution in [0.5, 0.6) is 0 Å². The summed E-state index contributed by atoms with van der Waals surface area (Å²) in [5.41, 5.74) is 2.76. The molecule has 0 heterocycles. The van der Waals surface area contributed by atoms with Crippen molar-refractivity contribution in [3.05, 3.63) is 63.2 Å². The van der Waals surface area contributed by atoms with E-state index in [1.54, 1.807) is 6.07 Å². The number of benzene rings is 2. The van der Waals surface area contributed by atoms with E-state index in [9.17, 15) is 10.1 Å². The molecule has 0 saturated carbocycles. The molecule has 19 heavy (non-hydrogen) atoms. The molecule has 4 nitrogen and oxygen atoms in total. The Labute approximate surface area is 116 Å². The maximum Gasteiger partial charge on any atom is 0.271 e. The summed E-state index contributed by atoms with van der Waals surface area (Å²) in [6.07, 6.45) is 0.948. The first kappa shape index (κ1) is 13.4. The van der Waals surface area contributed by atoms with Crippen LogP contribution in [0.4, 0.5) is 17.1 Å². The number of non-ortho nitro benzene ring substituents is 1. The summed E-state index contributed by atoms with van der Waals surface area (Å²) in [4.78, 5) is 10.2. The summed E-state index contributed by atoms with van der Waals surface area (Å²) in [6.45, 7) is 2.08. The third-order valence-corrected chi connectivity index (χ3v) is 3.09. The zero-order valence-corrected chi connectivity index (χ0v) is 11.1. The van der Waals surface area contributed by atoms with Gasteiger partial charge in [0.1, 0.15) is 0 Å². The van der Waals surface area contributed by atoms with E-state index in [0.29, 0.717) is 10.7 Å². The average molecular weight is 277 g/mol. The molecule has 0 aliphatic heterocycles. The normalized spacial score (nSPS) is 10.2. The molecule has 0 radical (unpaired) electrons. The first-order valence-electron chi connectivity index (χ1n) is 5.90. The molecule has 98 valence electrons. The standard InChI is InChI=1S/C14H13ClN2O2/c1-2-10-4-3-5-11(8-10)16-14-7-6-12(17(18)19)9-13(14)15/h3-9,16H,2H2,1H3. The molecule has 2 aromatic carbocycles. The third-order valence-electron chi connectivity index (χ3n) is 2.78. The molecule has 2 rings (SSSR count). The van der Waals surface area contributed by atoms with Gasteiger partial charge in [0.05, 0.1) is 15.6 Å². The van der Waals surface area contributed by atoms with E-state index in [1.165, 1.54) is 17.7 Å². The Bertz CT molecular complexity index is 614. The lowest BCUT2D eigenvalue weighted by Crippen LogP contribution is -1.94. The van der Waals surface area contributed by atoms with Crippen molar-refractivity contribution < 1.29 is 4.92 Å². The first-order valence-corrected chi connectivity index (χ1v) is 6.28. The molecule has 0 unspecified atom stereocenters. The van der Waals surface area contributed by atoms with Crippen LogP contribution in [0.15, 0.2) is 42.5 Å². The van der Waals surface area contributed by atoms with Gasteiger partial charge in [-0.1, -0.05) is 30.7 Å². The number of nitrogens with zero attached hydrogens (tertiary/aromatic N) is 1. The summed E-state index contributed by atoms with van der Waals surface area (Å²) in [6, 6.07) is 12.3. The lowest BCUT2D eigenvalue weighted by Gasteiger charge is -2.09. The molecule has 0 saturated heterocycles. The Morgan fingerprint density at radius 1 is 1.26 bits per heavy atom. The van der Waals surface area contributed by atoms with E-state index >= 15 is 0 Å². The van der Waals surface area contributed by atoms with Crippen molar-refractivity contribution in [2.45, 2.75) is 13.3 Å². The molecule has 2 aromatic rings.